The third-order valence-electron chi connectivity index (χ3n) is 6.28. The molecule has 1 aliphatic heterocycles. The van der Waals surface area contributed by atoms with Crippen LogP contribution in [-0.2, 0) is 10.2 Å². The Kier molecular flexibility index (Phi) is 7.14. The molecular formula is C25H35NO2. The Morgan fingerprint density at radius 3 is 2.50 bits per heavy atom. The number of ether oxygens (including phenoxy) is 2. The van der Waals surface area contributed by atoms with Gasteiger partial charge in [-0.05, 0) is 50.3 Å². The molecule has 3 atom stereocenters. The predicted molar refractivity (Wildman–Crippen MR) is 116 cm³/mol. The summed E-state index contributed by atoms with van der Waals surface area (Å²) in [6.45, 7) is 8.55. The van der Waals surface area contributed by atoms with Crippen LogP contribution in [0, 0.1) is 5.92 Å². The fourth-order valence-corrected chi connectivity index (χ4v) is 4.46. The molecule has 1 heterocycles. The summed E-state index contributed by atoms with van der Waals surface area (Å²) in [4.78, 5) is 0. The standard InChI is InChI=1S/C25H35NO2/c1-19(2)24-18-25(15-17-28-24,22-12-8-9-13-23(22)27-4)14-16-26-20(3)21-10-6-5-7-11-21/h5-13,19-20,24,26H,14-18H2,1-4H3/t20-,24+,25+/m1/s1. The smallest absolute Gasteiger partial charge is 0.122 e. The summed E-state index contributed by atoms with van der Waals surface area (Å²) in [7, 11) is 1.78. The highest BCUT2D eigenvalue weighted by Gasteiger charge is 2.40. The Hall–Kier alpha value is -1.84. The summed E-state index contributed by atoms with van der Waals surface area (Å²) in [5.74, 6) is 1.52. The first kappa shape index (κ1) is 20.9. The van der Waals surface area contributed by atoms with Gasteiger partial charge in [-0.15, -0.1) is 0 Å². The van der Waals surface area contributed by atoms with E-state index in [0.29, 0.717) is 18.1 Å². The maximum Gasteiger partial charge on any atom is 0.122 e. The summed E-state index contributed by atoms with van der Waals surface area (Å²) in [5.41, 5.74) is 2.75. The molecule has 3 nitrogen and oxygen atoms in total. The lowest BCUT2D eigenvalue weighted by Crippen LogP contribution is -2.43. The molecule has 1 fully saturated rings. The third kappa shape index (κ3) is 4.76. The number of hydrogen-bond acceptors (Lipinski definition) is 3. The van der Waals surface area contributed by atoms with Gasteiger partial charge in [-0.2, -0.15) is 0 Å². The maximum absolute atomic E-state index is 6.13. The van der Waals surface area contributed by atoms with Crippen LogP contribution >= 0.6 is 0 Å². The Balaban J connectivity index is 1.79. The zero-order chi connectivity index (χ0) is 20.0. The van der Waals surface area contributed by atoms with Crippen molar-refractivity contribution in [1.82, 2.24) is 5.32 Å². The number of nitrogens with one attached hydrogen (secondary N) is 1. The van der Waals surface area contributed by atoms with E-state index in [1.54, 1.807) is 7.11 Å². The van der Waals surface area contributed by atoms with E-state index in [0.717, 1.165) is 38.2 Å². The minimum Gasteiger partial charge on any atom is -0.496 e. The van der Waals surface area contributed by atoms with Crippen molar-refractivity contribution in [1.29, 1.82) is 0 Å². The summed E-state index contributed by atoms with van der Waals surface area (Å²) in [6, 6.07) is 19.6. The van der Waals surface area contributed by atoms with Crippen molar-refractivity contribution in [2.45, 2.75) is 57.6 Å². The lowest BCUT2D eigenvalue weighted by molar-refractivity contribution is -0.0474. The quantitative estimate of drug-likeness (QED) is 0.654. The van der Waals surface area contributed by atoms with Gasteiger partial charge in [0.05, 0.1) is 13.2 Å². The highest BCUT2D eigenvalue weighted by Crippen LogP contribution is 2.45. The molecule has 1 N–H and O–H groups in total. The molecule has 2 aromatic rings. The topological polar surface area (TPSA) is 30.5 Å². The van der Waals surface area contributed by atoms with Crippen LogP contribution in [0.2, 0.25) is 0 Å². The lowest BCUT2D eigenvalue weighted by Gasteiger charge is -2.43. The molecule has 3 rings (SSSR count). The summed E-state index contributed by atoms with van der Waals surface area (Å²) in [6.07, 6.45) is 3.46. The van der Waals surface area contributed by atoms with E-state index in [9.17, 15) is 0 Å². The SMILES string of the molecule is COc1ccccc1[C@@]1(CCN[C@H](C)c2ccccc2)CCO[C@H](C(C)C)C1. The normalized spacial score (nSPS) is 23.5. The Morgan fingerprint density at radius 2 is 1.79 bits per heavy atom. The summed E-state index contributed by atoms with van der Waals surface area (Å²) < 4.78 is 11.9. The van der Waals surface area contributed by atoms with Crippen LogP contribution < -0.4 is 10.1 Å². The minimum absolute atomic E-state index is 0.0865. The van der Waals surface area contributed by atoms with Gasteiger partial charge >= 0.3 is 0 Å². The highest BCUT2D eigenvalue weighted by atomic mass is 16.5. The van der Waals surface area contributed by atoms with Gasteiger partial charge in [-0.1, -0.05) is 62.4 Å². The van der Waals surface area contributed by atoms with E-state index in [1.807, 2.05) is 0 Å². The van der Waals surface area contributed by atoms with Gasteiger partial charge in [0.1, 0.15) is 5.75 Å². The van der Waals surface area contributed by atoms with Crippen molar-refractivity contribution in [2.75, 3.05) is 20.3 Å². The number of benzene rings is 2. The van der Waals surface area contributed by atoms with Gasteiger partial charge in [0.2, 0.25) is 0 Å². The van der Waals surface area contributed by atoms with Crippen LogP contribution in [0.5, 0.6) is 5.75 Å². The highest BCUT2D eigenvalue weighted by molar-refractivity contribution is 5.40. The van der Waals surface area contributed by atoms with Crippen LogP contribution in [-0.4, -0.2) is 26.4 Å². The lowest BCUT2D eigenvalue weighted by atomic mass is 9.68. The molecule has 1 aliphatic rings. The summed E-state index contributed by atoms with van der Waals surface area (Å²) >= 11 is 0. The van der Waals surface area contributed by atoms with E-state index in [1.165, 1.54) is 11.1 Å². The first-order valence-electron chi connectivity index (χ1n) is 10.6. The molecule has 28 heavy (non-hydrogen) atoms. The van der Waals surface area contributed by atoms with E-state index >= 15 is 0 Å². The number of methoxy groups -OCH3 is 1. The van der Waals surface area contributed by atoms with Crippen LogP contribution in [0.4, 0.5) is 0 Å². The molecule has 0 saturated carbocycles. The van der Waals surface area contributed by atoms with Crippen LogP contribution in [0.1, 0.15) is 57.2 Å². The van der Waals surface area contributed by atoms with Crippen molar-refractivity contribution in [2.24, 2.45) is 5.92 Å². The van der Waals surface area contributed by atoms with E-state index in [4.69, 9.17) is 9.47 Å². The average Bonchev–Trinajstić information content (AvgIpc) is 2.74. The molecule has 1 saturated heterocycles. The Labute approximate surface area is 170 Å². The molecule has 0 amide bonds. The fraction of sp³-hybridized carbons (Fsp3) is 0.520. The van der Waals surface area contributed by atoms with Gasteiger partial charge < -0.3 is 14.8 Å². The second-order valence-electron chi connectivity index (χ2n) is 8.42. The van der Waals surface area contributed by atoms with Crippen molar-refractivity contribution < 1.29 is 9.47 Å². The van der Waals surface area contributed by atoms with E-state index < -0.39 is 0 Å². The van der Waals surface area contributed by atoms with Crippen molar-refractivity contribution in [3.05, 3.63) is 65.7 Å². The molecule has 0 spiro atoms. The first-order valence-corrected chi connectivity index (χ1v) is 10.6. The summed E-state index contributed by atoms with van der Waals surface area (Å²) in [5, 5.41) is 3.74. The molecule has 3 heteroatoms. The molecule has 0 radical (unpaired) electrons. The molecular weight excluding hydrogens is 346 g/mol. The molecule has 152 valence electrons. The predicted octanol–water partition coefficient (Wildman–Crippen LogP) is 5.51. The molecule has 2 aromatic carbocycles. The van der Waals surface area contributed by atoms with E-state index in [2.05, 4.69) is 80.7 Å². The van der Waals surface area contributed by atoms with Crippen LogP contribution in [0.3, 0.4) is 0 Å². The molecule has 0 bridgehead atoms. The molecule has 0 aliphatic carbocycles. The van der Waals surface area contributed by atoms with Gasteiger partial charge in [-0.3, -0.25) is 0 Å². The average molecular weight is 382 g/mol. The maximum atomic E-state index is 6.13. The van der Waals surface area contributed by atoms with Gasteiger partial charge in [0, 0.05) is 23.6 Å². The number of para-hydroxylation sites is 1. The largest absolute Gasteiger partial charge is 0.496 e. The van der Waals surface area contributed by atoms with Crippen LogP contribution in [0.25, 0.3) is 0 Å². The number of rotatable bonds is 8. The monoisotopic (exact) mass is 381 g/mol. The van der Waals surface area contributed by atoms with Crippen molar-refractivity contribution in [3.63, 3.8) is 0 Å². The third-order valence-corrected chi connectivity index (χ3v) is 6.28. The van der Waals surface area contributed by atoms with Crippen LogP contribution in [0.15, 0.2) is 54.6 Å². The molecule has 0 aromatic heterocycles. The minimum atomic E-state index is 0.0865. The first-order chi connectivity index (χ1) is 13.6. The number of hydrogen-bond donors (Lipinski definition) is 1. The second-order valence-corrected chi connectivity index (χ2v) is 8.42. The van der Waals surface area contributed by atoms with Crippen molar-refractivity contribution >= 4 is 0 Å². The Bertz CT molecular complexity index is 730. The second kappa shape index (κ2) is 9.58. The molecule has 0 unspecified atom stereocenters. The van der Waals surface area contributed by atoms with Crippen molar-refractivity contribution in [3.8, 4) is 5.75 Å². The van der Waals surface area contributed by atoms with E-state index in [-0.39, 0.29) is 5.41 Å². The Morgan fingerprint density at radius 1 is 1.07 bits per heavy atom. The zero-order valence-electron chi connectivity index (χ0n) is 17.8. The van der Waals surface area contributed by atoms with Gasteiger partial charge in [0.15, 0.2) is 0 Å². The fourth-order valence-electron chi connectivity index (χ4n) is 4.46. The zero-order valence-corrected chi connectivity index (χ0v) is 17.8. The van der Waals surface area contributed by atoms with Gasteiger partial charge in [-0.25, -0.2) is 0 Å². The van der Waals surface area contributed by atoms with Gasteiger partial charge in [0.25, 0.3) is 0 Å².